The standard InChI is InChI=1S/C9H13ClN4/c10-8-2-4-12-9(14-8)13-6-7-1-3-11-5-7/h2,4,7,11H,1,3,5-6H2,(H,12,13,14)/t7-/m0/s1. The van der Waals surface area contributed by atoms with Crippen molar-refractivity contribution in [3.05, 3.63) is 17.4 Å². The first-order chi connectivity index (χ1) is 6.84. The molecule has 1 aromatic heterocycles. The van der Waals surface area contributed by atoms with Gasteiger partial charge in [-0.15, -0.1) is 0 Å². The molecule has 0 spiro atoms. The van der Waals surface area contributed by atoms with E-state index in [1.807, 2.05) is 0 Å². The molecule has 0 amide bonds. The number of anilines is 1. The van der Waals surface area contributed by atoms with E-state index < -0.39 is 0 Å². The van der Waals surface area contributed by atoms with Crippen molar-refractivity contribution in [1.29, 1.82) is 0 Å². The van der Waals surface area contributed by atoms with Crippen LogP contribution in [0.4, 0.5) is 5.95 Å². The smallest absolute Gasteiger partial charge is 0.224 e. The second-order valence-electron chi connectivity index (χ2n) is 3.44. The van der Waals surface area contributed by atoms with Crippen LogP contribution in [0.15, 0.2) is 12.3 Å². The first-order valence-electron chi connectivity index (χ1n) is 4.78. The second-order valence-corrected chi connectivity index (χ2v) is 3.83. The molecule has 0 radical (unpaired) electrons. The van der Waals surface area contributed by atoms with Gasteiger partial charge in [-0.1, -0.05) is 11.6 Å². The Morgan fingerprint density at radius 3 is 3.29 bits per heavy atom. The first-order valence-corrected chi connectivity index (χ1v) is 5.15. The Hall–Kier alpha value is -0.870. The van der Waals surface area contributed by atoms with Crippen LogP contribution >= 0.6 is 11.6 Å². The minimum atomic E-state index is 0.479. The van der Waals surface area contributed by atoms with Gasteiger partial charge in [0.1, 0.15) is 5.15 Å². The molecule has 5 heteroatoms. The maximum Gasteiger partial charge on any atom is 0.224 e. The van der Waals surface area contributed by atoms with Crippen LogP contribution < -0.4 is 10.6 Å². The zero-order valence-electron chi connectivity index (χ0n) is 7.83. The summed E-state index contributed by atoms with van der Waals surface area (Å²) < 4.78 is 0. The lowest BCUT2D eigenvalue weighted by Gasteiger charge is -2.09. The van der Waals surface area contributed by atoms with E-state index in [1.54, 1.807) is 12.3 Å². The number of nitrogens with one attached hydrogen (secondary N) is 2. The van der Waals surface area contributed by atoms with Crippen molar-refractivity contribution in [1.82, 2.24) is 15.3 Å². The SMILES string of the molecule is Clc1ccnc(NC[C@H]2CCNC2)n1. The Morgan fingerprint density at radius 1 is 1.64 bits per heavy atom. The lowest BCUT2D eigenvalue weighted by molar-refractivity contribution is 0.613. The fourth-order valence-electron chi connectivity index (χ4n) is 1.55. The molecule has 76 valence electrons. The minimum Gasteiger partial charge on any atom is -0.354 e. The molecule has 1 aliphatic heterocycles. The van der Waals surface area contributed by atoms with Gasteiger partial charge < -0.3 is 10.6 Å². The van der Waals surface area contributed by atoms with Gasteiger partial charge >= 0.3 is 0 Å². The molecule has 2 N–H and O–H groups in total. The molecule has 0 unspecified atom stereocenters. The fraction of sp³-hybridized carbons (Fsp3) is 0.556. The van der Waals surface area contributed by atoms with Gasteiger partial charge in [-0.25, -0.2) is 9.97 Å². The van der Waals surface area contributed by atoms with E-state index in [0.717, 1.165) is 19.6 Å². The molecule has 14 heavy (non-hydrogen) atoms. The van der Waals surface area contributed by atoms with Crippen LogP contribution in [0.25, 0.3) is 0 Å². The number of rotatable bonds is 3. The Bertz CT molecular complexity index is 299. The summed E-state index contributed by atoms with van der Waals surface area (Å²) >= 11 is 5.74. The van der Waals surface area contributed by atoms with Crippen molar-refractivity contribution in [2.24, 2.45) is 5.92 Å². The monoisotopic (exact) mass is 212 g/mol. The van der Waals surface area contributed by atoms with Crippen molar-refractivity contribution < 1.29 is 0 Å². The van der Waals surface area contributed by atoms with E-state index >= 15 is 0 Å². The molecular weight excluding hydrogens is 200 g/mol. The Balaban J connectivity index is 1.85. The molecule has 1 atom stereocenters. The number of hydrogen-bond acceptors (Lipinski definition) is 4. The van der Waals surface area contributed by atoms with Gasteiger partial charge in [-0.3, -0.25) is 0 Å². The predicted molar refractivity (Wildman–Crippen MR) is 56.5 cm³/mol. The largest absolute Gasteiger partial charge is 0.354 e. The summed E-state index contributed by atoms with van der Waals surface area (Å²) in [6, 6.07) is 1.67. The molecule has 1 aromatic rings. The van der Waals surface area contributed by atoms with E-state index in [0.29, 0.717) is 17.0 Å². The Morgan fingerprint density at radius 2 is 2.57 bits per heavy atom. The topological polar surface area (TPSA) is 49.8 Å². The Labute approximate surface area is 88.1 Å². The highest BCUT2D eigenvalue weighted by Crippen LogP contribution is 2.09. The molecule has 0 aliphatic carbocycles. The van der Waals surface area contributed by atoms with Gasteiger partial charge in [0.25, 0.3) is 0 Å². The first kappa shape index (κ1) is 9.68. The summed E-state index contributed by atoms with van der Waals surface area (Å²) in [7, 11) is 0. The number of nitrogens with zero attached hydrogens (tertiary/aromatic N) is 2. The average Bonchev–Trinajstić information content (AvgIpc) is 2.67. The van der Waals surface area contributed by atoms with Crippen molar-refractivity contribution >= 4 is 17.5 Å². The van der Waals surface area contributed by atoms with Crippen LogP contribution in [0.1, 0.15) is 6.42 Å². The maximum atomic E-state index is 5.74. The third-order valence-electron chi connectivity index (χ3n) is 2.33. The van der Waals surface area contributed by atoms with E-state index in [-0.39, 0.29) is 0 Å². The molecule has 2 heterocycles. The highest BCUT2D eigenvalue weighted by molar-refractivity contribution is 6.29. The summed E-state index contributed by atoms with van der Waals surface area (Å²) in [6.45, 7) is 3.10. The van der Waals surface area contributed by atoms with Gasteiger partial charge in [-0.05, 0) is 31.5 Å². The predicted octanol–water partition coefficient (Wildman–Crippen LogP) is 1.15. The molecule has 0 bridgehead atoms. The molecule has 4 nitrogen and oxygen atoms in total. The van der Waals surface area contributed by atoms with Gasteiger partial charge in [0, 0.05) is 12.7 Å². The molecule has 2 rings (SSSR count). The molecule has 0 saturated carbocycles. The maximum absolute atomic E-state index is 5.74. The molecular formula is C9H13ClN4. The van der Waals surface area contributed by atoms with Crippen LogP contribution in [0.5, 0.6) is 0 Å². The minimum absolute atomic E-state index is 0.479. The fourth-order valence-corrected chi connectivity index (χ4v) is 1.68. The third kappa shape index (κ3) is 2.56. The summed E-state index contributed by atoms with van der Waals surface area (Å²) in [5, 5.41) is 6.97. The van der Waals surface area contributed by atoms with E-state index in [9.17, 15) is 0 Å². The summed E-state index contributed by atoms with van der Waals surface area (Å²) in [5.74, 6) is 1.29. The molecule has 1 saturated heterocycles. The molecule has 1 fully saturated rings. The lowest BCUT2D eigenvalue weighted by Crippen LogP contribution is -2.18. The quantitative estimate of drug-likeness (QED) is 0.739. The lowest BCUT2D eigenvalue weighted by atomic mass is 10.1. The van der Waals surface area contributed by atoms with Crippen molar-refractivity contribution in [2.75, 3.05) is 25.0 Å². The van der Waals surface area contributed by atoms with E-state index in [1.165, 1.54) is 6.42 Å². The van der Waals surface area contributed by atoms with Gasteiger partial charge in [0.15, 0.2) is 0 Å². The summed E-state index contributed by atoms with van der Waals surface area (Å²) in [5.41, 5.74) is 0. The van der Waals surface area contributed by atoms with Gasteiger partial charge in [-0.2, -0.15) is 0 Å². The van der Waals surface area contributed by atoms with E-state index in [2.05, 4.69) is 20.6 Å². The average molecular weight is 213 g/mol. The van der Waals surface area contributed by atoms with Crippen LogP contribution in [-0.4, -0.2) is 29.6 Å². The molecule has 0 aromatic carbocycles. The highest BCUT2D eigenvalue weighted by Gasteiger charge is 2.13. The molecule has 1 aliphatic rings. The van der Waals surface area contributed by atoms with Crippen LogP contribution in [-0.2, 0) is 0 Å². The van der Waals surface area contributed by atoms with Crippen molar-refractivity contribution in [2.45, 2.75) is 6.42 Å². The summed E-state index contributed by atoms with van der Waals surface area (Å²) in [6.07, 6.45) is 2.87. The third-order valence-corrected chi connectivity index (χ3v) is 2.54. The zero-order chi connectivity index (χ0) is 9.80. The summed E-state index contributed by atoms with van der Waals surface area (Å²) in [4.78, 5) is 8.13. The number of aromatic nitrogens is 2. The number of halogens is 1. The van der Waals surface area contributed by atoms with Crippen LogP contribution in [0.3, 0.4) is 0 Å². The van der Waals surface area contributed by atoms with Gasteiger partial charge in [0.2, 0.25) is 5.95 Å². The zero-order valence-corrected chi connectivity index (χ0v) is 8.59. The van der Waals surface area contributed by atoms with Gasteiger partial charge in [0.05, 0.1) is 0 Å². The van der Waals surface area contributed by atoms with Crippen molar-refractivity contribution in [3.8, 4) is 0 Å². The second kappa shape index (κ2) is 4.57. The normalized spacial score (nSPS) is 21.1. The Kier molecular flexibility index (Phi) is 3.16. The van der Waals surface area contributed by atoms with Crippen LogP contribution in [0.2, 0.25) is 5.15 Å². The highest BCUT2D eigenvalue weighted by atomic mass is 35.5. The van der Waals surface area contributed by atoms with E-state index in [4.69, 9.17) is 11.6 Å². The number of hydrogen-bond donors (Lipinski definition) is 2. The van der Waals surface area contributed by atoms with Crippen LogP contribution in [0, 0.1) is 5.92 Å². The van der Waals surface area contributed by atoms with Crippen molar-refractivity contribution in [3.63, 3.8) is 0 Å².